The van der Waals surface area contributed by atoms with Crippen molar-refractivity contribution in [3.8, 4) is 0 Å². The van der Waals surface area contributed by atoms with E-state index < -0.39 is 12.7 Å². The third-order valence-corrected chi connectivity index (χ3v) is 4.52. The van der Waals surface area contributed by atoms with E-state index in [0.29, 0.717) is 25.6 Å². The highest BCUT2D eigenvalue weighted by Gasteiger charge is 2.34. The van der Waals surface area contributed by atoms with Crippen LogP contribution >= 0.6 is 24.0 Å². The summed E-state index contributed by atoms with van der Waals surface area (Å²) in [5.74, 6) is 1.55. The molecule has 0 bridgehead atoms. The molecule has 2 aliphatic rings. The zero-order chi connectivity index (χ0) is 17.6. The summed E-state index contributed by atoms with van der Waals surface area (Å²) in [7, 11) is 2.00. The number of rotatable bonds is 6. The van der Waals surface area contributed by atoms with E-state index in [-0.39, 0.29) is 29.9 Å². The third-order valence-electron chi connectivity index (χ3n) is 4.52. The van der Waals surface area contributed by atoms with Crippen molar-refractivity contribution in [2.75, 3.05) is 59.5 Å². The monoisotopic (exact) mass is 478 g/mol. The fourth-order valence-electron chi connectivity index (χ4n) is 3.35. The van der Waals surface area contributed by atoms with Crippen LogP contribution in [0.15, 0.2) is 4.99 Å². The Labute approximate surface area is 165 Å². The summed E-state index contributed by atoms with van der Waals surface area (Å²) in [6.45, 7) is 6.03. The van der Waals surface area contributed by atoms with Crippen LogP contribution in [0.1, 0.15) is 19.8 Å². The third kappa shape index (κ3) is 8.29. The number of alkyl halides is 3. The Kier molecular flexibility index (Phi) is 9.79. The largest absolute Gasteiger partial charge is 0.401 e. The lowest BCUT2D eigenvalue weighted by Crippen LogP contribution is -2.41. The molecule has 2 heterocycles. The quantitative estimate of drug-likeness (QED) is 0.362. The molecule has 0 spiro atoms. The molecule has 25 heavy (non-hydrogen) atoms. The first-order chi connectivity index (χ1) is 11.4. The van der Waals surface area contributed by atoms with Gasteiger partial charge in [-0.1, -0.05) is 0 Å². The minimum atomic E-state index is -4.11. The Balaban J connectivity index is 0.00000312. The molecule has 0 aliphatic carbocycles. The van der Waals surface area contributed by atoms with Crippen LogP contribution in [0.4, 0.5) is 13.2 Å². The van der Waals surface area contributed by atoms with Crippen molar-refractivity contribution in [2.45, 2.75) is 25.9 Å². The first-order valence-corrected chi connectivity index (χ1v) is 8.73. The molecule has 0 aromatic rings. The average molecular weight is 478 g/mol. The predicted octanol–water partition coefficient (Wildman–Crippen LogP) is 2.42. The molecule has 0 aromatic heterocycles. The minimum Gasteiger partial charge on any atom is -0.381 e. The maximum Gasteiger partial charge on any atom is 0.401 e. The van der Waals surface area contributed by atoms with Gasteiger partial charge in [-0.25, -0.2) is 0 Å². The Morgan fingerprint density at radius 1 is 1.32 bits per heavy atom. The molecule has 2 saturated heterocycles. The Morgan fingerprint density at radius 3 is 2.68 bits per heavy atom. The average Bonchev–Trinajstić information content (AvgIpc) is 3.13. The molecular formula is C16H30F3IN4O. The number of guanidine groups is 1. The molecule has 2 rings (SSSR count). The van der Waals surface area contributed by atoms with Crippen LogP contribution in [0.2, 0.25) is 0 Å². The van der Waals surface area contributed by atoms with E-state index in [4.69, 9.17) is 4.74 Å². The lowest BCUT2D eigenvalue weighted by Gasteiger charge is -2.25. The van der Waals surface area contributed by atoms with E-state index in [2.05, 4.69) is 15.2 Å². The standard InChI is InChI=1S/C16H29F3N4O.HI/c1-3-20-15(22(2)9-14-5-7-24-11-14)21-8-13-4-6-23(10-13)12-16(17,18)19;/h13-14H,3-12H2,1-2H3,(H,20,21);1H. The normalized spacial score (nSPS) is 25.1. The van der Waals surface area contributed by atoms with E-state index in [0.717, 1.165) is 45.1 Å². The molecule has 2 unspecified atom stereocenters. The Hall–Kier alpha value is -0.290. The first-order valence-electron chi connectivity index (χ1n) is 8.73. The summed E-state index contributed by atoms with van der Waals surface area (Å²) in [5.41, 5.74) is 0. The van der Waals surface area contributed by atoms with Crippen LogP contribution in [0.3, 0.4) is 0 Å². The molecule has 0 aromatic carbocycles. The van der Waals surface area contributed by atoms with Crippen LogP contribution in [-0.2, 0) is 4.74 Å². The van der Waals surface area contributed by atoms with E-state index >= 15 is 0 Å². The van der Waals surface area contributed by atoms with E-state index in [1.54, 1.807) is 0 Å². The van der Waals surface area contributed by atoms with Crippen molar-refractivity contribution in [2.24, 2.45) is 16.8 Å². The summed E-state index contributed by atoms with van der Waals surface area (Å²) in [6.07, 6.45) is -2.27. The molecule has 0 amide bonds. The number of halogens is 4. The smallest absolute Gasteiger partial charge is 0.381 e. The second kappa shape index (κ2) is 10.8. The molecule has 0 radical (unpaired) electrons. The molecule has 0 saturated carbocycles. The van der Waals surface area contributed by atoms with Gasteiger partial charge >= 0.3 is 6.18 Å². The van der Waals surface area contributed by atoms with E-state index in [9.17, 15) is 13.2 Å². The minimum absolute atomic E-state index is 0. The summed E-state index contributed by atoms with van der Waals surface area (Å²) >= 11 is 0. The van der Waals surface area contributed by atoms with Gasteiger partial charge in [0.2, 0.25) is 0 Å². The molecule has 2 fully saturated rings. The summed E-state index contributed by atoms with van der Waals surface area (Å²) < 4.78 is 42.8. The fraction of sp³-hybridized carbons (Fsp3) is 0.938. The predicted molar refractivity (Wildman–Crippen MR) is 104 cm³/mol. The molecule has 9 heteroatoms. The Morgan fingerprint density at radius 2 is 2.08 bits per heavy atom. The molecule has 1 N–H and O–H groups in total. The maximum absolute atomic E-state index is 12.5. The zero-order valence-corrected chi connectivity index (χ0v) is 17.3. The lowest BCUT2D eigenvalue weighted by molar-refractivity contribution is -0.143. The first kappa shape index (κ1) is 22.8. The van der Waals surface area contributed by atoms with Gasteiger partial charge in [-0.3, -0.25) is 9.89 Å². The summed E-state index contributed by atoms with van der Waals surface area (Å²) in [6, 6.07) is 0. The van der Waals surface area contributed by atoms with E-state index in [1.807, 2.05) is 14.0 Å². The number of nitrogens with zero attached hydrogens (tertiary/aromatic N) is 3. The number of hydrogen-bond donors (Lipinski definition) is 1. The highest BCUT2D eigenvalue weighted by atomic mass is 127. The van der Waals surface area contributed by atoms with Crippen LogP contribution in [0.5, 0.6) is 0 Å². The van der Waals surface area contributed by atoms with Crippen LogP contribution < -0.4 is 5.32 Å². The van der Waals surface area contributed by atoms with Gasteiger partial charge in [0.15, 0.2) is 5.96 Å². The molecular weight excluding hydrogens is 448 g/mol. The topological polar surface area (TPSA) is 40.1 Å². The number of hydrogen-bond acceptors (Lipinski definition) is 3. The van der Waals surface area contributed by atoms with Crippen LogP contribution in [0.25, 0.3) is 0 Å². The van der Waals surface area contributed by atoms with Crippen molar-refractivity contribution in [1.82, 2.24) is 15.1 Å². The number of nitrogens with one attached hydrogen (secondary N) is 1. The molecule has 5 nitrogen and oxygen atoms in total. The highest BCUT2D eigenvalue weighted by molar-refractivity contribution is 14.0. The van der Waals surface area contributed by atoms with Gasteiger partial charge in [0, 0.05) is 45.8 Å². The number of aliphatic imine (C=N–C) groups is 1. The van der Waals surface area contributed by atoms with Crippen LogP contribution in [-0.4, -0.2) is 81.5 Å². The van der Waals surface area contributed by atoms with Crippen molar-refractivity contribution in [1.29, 1.82) is 0 Å². The highest BCUT2D eigenvalue weighted by Crippen LogP contribution is 2.23. The second-order valence-corrected chi connectivity index (χ2v) is 6.81. The lowest BCUT2D eigenvalue weighted by atomic mass is 10.1. The van der Waals surface area contributed by atoms with Crippen molar-refractivity contribution < 1.29 is 17.9 Å². The summed E-state index contributed by atoms with van der Waals surface area (Å²) in [4.78, 5) is 8.23. The maximum atomic E-state index is 12.5. The van der Waals surface area contributed by atoms with Gasteiger partial charge in [-0.05, 0) is 32.2 Å². The van der Waals surface area contributed by atoms with Gasteiger partial charge in [0.1, 0.15) is 0 Å². The van der Waals surface area contributed by atoms with Gasteiger partial charge in [-0.15, -0.1) is 24.0 Å². The second-order valence-electron chi connectivity index (χ2n) is 6.81. The molecule has 148 valence electrons. The van der Waals surface area contributed by atoms with Gasteiger partial charge in [0.05, 0.1) is 13.2 Å². The molecule has 2 atom stereocenters. The van der Waals surface area contributed by atoms with Crippen molar-refractivity contribution in [3.05, 3.63) is 0 Å². The Bertz CT molecular complexity index is 417. The number of ether oxygens (including phenoxy) is 1. The van der Waals surface area contributed by atoms with E-state index in [1.165, 1.54) is 4.90 Å². The van der Waals surface area contributed by atoms with Crippen molar-refractivity contribution in [3.63, 3.8) is 0 Å². The van der Waals surface area contributed by atoms with Gasteiger partial charge in [-0.2, -0.15) is 13.2 Å². The SMILES string of the molecule is CCNC(=NCC1CCN(CC(F)(F)F)C1)N(C)CC1CCOC1.I. The van der Waals surface area contributed by atoms with Gasteiger partial charge < -0.3 is 15.0 Å². The van der Waals surface area contributed by atoms with Crippen LogP contribution in [0, 0.1) is 11.8 Å². The van der Waals surface area contributed by atoms with Crippen molar-refractivity contribution >= 4 is 29.9 Å². The summed E-state index contributed by atoms with van der Waals surface area (Å²) in [5, 5.41) is 3.27. The zero-order valence-electron chi connectivity index (χ0n) is 15.0. The fourth-order valence-corrected chi connectivity index (χ4v) is 3.35. The number of likely N-dealkylation sites (tertiary alicyclic amines) is 1. The molecule has 2 aliphatic heterocycles. The van der Waals surface area contributed by atoms with Gasteiger partial charge in [0.25, 0.3) is 0 Å².